The first-order valence-electron chi connectivity index (χ1n) is 13.7. The van der Waals surface area contributed by atoms with Gasteiger partial charge in [-0.3, -0.25) is 9.59 Å². The maximum atomic E-state index is 12.0. The molecule has 0 amide bonds. The van der Waals surface area contributed by atoms with Gasteiger partial charge in [-0.1, -0.05) is 97.8 Å². The summed E-state index contributed by atoms with van der Waals surface area (Å²) in [6, 6.07) is 0. The number of ether oxygens (including phenoxy) is 2. The largest absolute Gasteiger partial charge is 0.466 e. The van der Waals surface area contributed by atoms with Gasteiger partial charge in [0.1, 0.15) is 0 Å². The van der Waals surface area contributed by atoms with Crippen LogP contribution in [-0.2, 0) is 19.1 Å². The van der Waals surface area contributed by atoms with Gasteiger partial charge in [-0.15, -0.1) is 0 Å². The molecule has 0 aliphatic heterocycles. The van der Waals surface area contributed by atoms with E-state index in [4.69, 9.17) is 9.47 Å². The molecule has 1 fully saturated rings. The quantitative estimate of drug-likeness (QED) is 0.146. The van der Waals surface area contributed by atoms with Crippen molar-refractivity contribution in [1.29, 1.82) is 0 Å². The van der Waals surface area contributed by atoms with E-state index >= 15 is 0 Å². The highest BCUT2D eigenvalue weighted by molar-refractivity contribution is 5.69. The molecule has 32 heavy (non-hydrogen) atoms. The van der Waals surface area contributed by atoms with Gasteiger partial charge in [-0.25, -0.2) is 0 Å². The molecular weight excluding hydrogens is 400 g/mol. The fraction of sp³-hybridized carbons (Fsp3) is 0.929. The van der Waals surface area contributed by atoms with Crippen LogP contribution in [0.15, 0.2) is 0 Å². The van der Waals surface area contributed by atoms with Crippen LogP contribution >= 0.6 is 0 Å². The third-order valence-corrected chi connectivity index (χ3v) is 6.84. The molecule has 188 valence electrons. The van der Waals surface area contributed by atoms with Crippen LogP contribution < -0.4 is 0 Å². The lowest BCUT2D eigenvalue weighted by Gasteiger charge is -2.32. The second-order valence-electron chi connectivity index (χ2n) is 10.8. The maximum absolute atomic E-state index is 12.0. The molecule has 0 bridgehead atoms. The molecule has 1 aliphatic rings. The van der Waals surface area contributed by atoms with E-state index in [9.17, 15) is 9.59 Å². The van der Waals surface area contributed by atoms with Crippen LogP contribution in [-0.4, -0.2) is 25.2 Å². The van der Waals surface area contributed by atoms with Crippen LogP contribution in [0.4, 0.5) is 0 Å². The number of rotatable bonds is 19. The van der Waals surface area contributed by atoms with Crippen molar-refractivity contribution in [2.45, 2.75) is 143 Å². The molecule has 0 aromatic heterocycles. The zero-order chi connectivity index (χ0) is 23.5. The van der Waals surface area contributed by atoms with Crippen molar-refractivity contribution in [3.63, 3.8) is 0 Å². The molecule has 1 aliphatic carbocycles. The van der Waals surface area contributed by atoms with E-state index in [1.54, 1.807) is 0 Å². The number of hydrogen-bond acceptors (Lipinski definition) is 4. The average molecular weight is 453 g/mol. The Morgan fingerprint density at radius 2 is 1.19 bits per heavy atom. The zero-order valence-corrected chi connectivity index (χ0v) is 21.6. The number of esters is 2. The van der Waals surface area contributed by atoms with Gasteiger partial charge in [0.2, 0.25) is 0 Å². The van der Waals surface area contributed by atoms with Gasteiger partial charge in [-0.05, 0) is 38.0 Å². The fourth-order valence-electron chi connectivity index (χ4n) is 4.57. The van der Waals surface area contributed by atoms with Crippen LogP contribution in [0.25, 0.3) is 0 Å². The minimum Gasteiger partial charge on any atom is -0.466 e. The Labute approximate surface area is 198 Å². The summed E-state index contributed by atoms with van der Waals surface area (Å²) in [5.74, 6) is 0.730. The van der Waals surface area contributed by atoms with Gasteiger partial charge in [-0.2, -0.15) is 0 Å². The van der Waals surface area contributed by atoms with Gasteiger partial charge < -0.3 is 9.47 Å². The van der Waals surface area contributed by atoms with E-state index in [1.807, 2.05) is 0 Å². The van der Waals surface area contributed by atoms with Gasteiger partial charge >= 0.3 is 11.9 Å². The summed E-state index contributed by atoms with van der Waals surface area (Å²) in [5, 5.41) is 0. The molecule has 0 aromatic carbocycles. The van der Waals surface area contributed by atoms with E-state index in [1.165, 1.54) is 57.8 Å². The van der Waals surface area contributed by atoms with Crippen LogP contribution in [0, 0.1) is 11.3 Å². The maximum Gasteiger partial charge on any atom is 0.305 e. The lowest BCUT2D eigenvalue weighted by atomic mass is 9.76. The third-order valence-electron chi connectivity index (χ3n) is 6.84. The van der Waals surface area contributed by atoms with Crippen molar-refractivity contribution >= 4 is 11.9 Å². The predicted octanol–water partition coefficient (Wildman–Crippen LogP) is 8.16. The lowest BCUT2D eigenvalue weighted by molar-refractivity contribution is -0.148. The number of hydrogen-bond donors (Lipinski definition) is 0. The average Bonchev–Trinajstić information content (AvgIpc) is 2.76. The lowest BCUT2D eigenvalue weighted by Crippen LogP contribution is -2.27. The molecule has 4 heteroatoms. The van der Waals surface area contributed by atoms with Crippen molar-refractivity contribution < 1.29 is 19.1 Å². The number of carbonyl (C=O) groups is 2. The van der Waals surface area contributed by atoms with Crippen LogP contribution in [0.1, 0.15) is 143 Å². The molecule has 0 atom stereocenters. The Kier molecular flexibility index (Phi) is 16.6. The Bertz CT molecular complexity index is 480. The Morgan fingerprint density at radius 1 is 0.688 bits per heavy atom. The Hall–Kier alpha value is -1.06. The monoisotopic (exact) mass is 452 g/mol. The minimum absolute atomic E-state index is 0.0323. The van der Waals surface area contributed by atoms with Crippen molar-refractivity contribution in [2.75, 3.05) is 13.2 Å². The summed E-state index contributed by atoms with van der Waals surface area (Å²) in [5.41, 5.74) is 0.211. The molecule has 1 saturated carbocycles. The molecule has 0 heterocycles. The molecular formula is C28H52O4. The van der Waals surface area contributed by atoms with E-state index in [0.29, 0.717) is 26.1 Å². The van der Waals surface area contributed by atoms with E-state index < -0.39 is 0 Å². The fourth-order valence-corrected chi connectivity index (χ4v) is 4.57. The topological polar surface area (TPSA) is 52.6 Å². The summed E-state index contributed by atoms with van der Waals surface area (Å²) in [6.45, 7) is 7.98. The molecule has 0 aromatic rings. The van der Waals surface area contributed by atoms with Crippen molar-refractivity contribution in [1.82, 2.24) is 0 Å². The summed E-state index contributed by atoms with van der Waals surface area (Å²) in [4.78, 5) is 23.8. The Balaban J connectivity index is 1.83. The van der Waals surface area contributed by atoms with Crippen molar-refractivity contribution in [3.05, 3.63) is 0 Å². The van der Waals surface area contributed by atoms with Crippen molar-refractivity contribution in [3.8, 4) is 0 Å². The third kappa shape index (κ3) is 16.6. The first-order chi connectivity index (χ1) is 15.4. The van der Waals surface area contributed by atoms with Gasteiger partial charge in [0.25, 0.3) is 0 Å². The molecule has 0 N–H and O–H groups in total. The molecule has 0 radical (unpaired) electrons. The molecule has 0 spiro atoms. The summed E-state index contributed by atoms with van der Waals surface area (Å²) in [7, 11) is 0. The van der Waals surface area contributed by atoms with E-state index in [0.717, 1.165) is 57.3 Å². The molecule has 1 rings (SSSR count). The molecule has 0 unspecified atom stereocenters. The van der Waals surface area contributed by atoms with Gasteiger partial charge in [0, 0.05) is 18.3 Å². The minimum atomic E-state index is -0.0424. The van der Waals surface area contributed by atoms with Gasteiger partial charge in [0.05, 0.1) is 13.2 Å². The summed E-state index contributed by atoms with van der Waals surface area (Å²) in [6.07, 6.45) is 20.9. The Morgan fingerprint density at radius 3 is 1.78 bits per heavy atom. The van der Waals surface area contributed by atoms with E-state index in [-0.39, 0.29) is 17.4 Å². The van der Waals surface area contributed by atoms with Crippen LogP contribution in [0.5, 0.6) is 0 Å². The standard InChI is InChI=1S/C28H52O4/c1-25(2)18-12-7-6-10-17-23-31-26(29)19-13-8-4-5-9-14-20-27(30)32-24-28(3)21-15-11-16-22-28/h25H,4-24H2,1-3H3. The highest BCUT2D eigenvalue weighted by atomic mass is 16.5. The summed E-state index contributed by atoms with van der Waals surface area (Å²) >= 11 is 0. The number of carbonyl (C=O) groups excluding carboxylic acids is 2. The van der Waals surface area contributed by atoms with Crippen molar-refractivity contribution in [2.24, 2.45) is 11.3 Å². The second-order valence-corrected chi connectivity index (χ2v) is 10.8. The predicted molar refractivity (Wildman–Crippen MR) is 133 cm³/mol. The SMILES string of the molecule is CC(C)CCCCCCCOC(=O)CCCCCCCCC(=O)OCC1(C)CCCCC1. The molecule has 0 saturated heterocycles. The second kappa shape index (κ2) is 18.4. The van der Waals surface area contributed by atoms with Crippen LogP contribution in [0.3, 0.4) is 0 Å². The molecule has 4 nitrogen and oxygen atoms in total. The van der Waals surface area contributed by atoms with E-state index in [2.05, 4.69) is 20.8 Å². The normalized spacial score (nSPS) is 15.6. The zero-order valence-electron chi connectivity index (χ0n) is 21.6. The number of unbranched alkanes of at least 4 members (excludes halogenated alkanes) is 9. The smallest absolute Gasteiger partial charge is 0.305 e. The van der Waals surface area contributed by atoms with Crippen LogP contribution in [0.2, 0.25) is 0 Å². The first kappa shape index (κ1) is 29.0. The highest BCUT2D eigenvalue weighted by Gasteiger charge is 2.28. The first-order valence-corrected chi connectivity index (χ1v) is 13.7. The summed E-state index contributed by atoms with van der Waals surface area (Å²) < 4.78 is 10.9. The van der Waals surface area contributed by atoms with Gasteiger partial charge in [0.15, 0.2) is 0 Å². The highest BCUT2D eigenvalue weighted by Crippen LogP contribution is 2.35.